The van der Waals surface area contributed by atoms with Crippen molar-refractivity contribution in [2.45, 2.75) is 13.3 Å². The first kappa shape index (κ1) is 13.5. The lowest BCUT2D eigenvalue weighted by atomic mass is 10.2. The van der Waals surface area contributed by atoms with Crippen molar-refractivity contribution in [2.24, 2.45) is 5.10 Å². The average molecular weight is 242 g/mol. The van der Waals surface area contributed by atoms with E-state index in [2.05, 4.69) is 29.3 Å². The Balaban J connectivity index is 2.74. The van der Waals surface area contributed by atoms with Crippen molar-refractivity contribution in [3.63, 3.8) is 0 Å². The highest BCUT2D eigenvalue weighted by Crippen LogP contribution is 2.09. The number of hydrogen-bond donors (Lipinski definition) is 2. The average Bonchev–Trinajstić information content (AvgIpc) is 2.40. The first-order valence-corrected chi connectivity index (χ1v) is 5.45. The smallest absolute Gasteiger partial charge is 0.286 e. The van der Waals surface area contributed by atoms with Gasteiger partial charge in [0.05, 0.1) is 5.69 Å². The number of aryl methyl sites for hydroxylation is 1. The molecule has 2 N–H and O–H groups in total. The van der Waals surface area contributed by atoms with Crippen LogP contribution in [0, 0.1) is 11.3 Å². The van der Waals surface area contributed by atoms with Gasteiger partial charge in [-0.25, -0.2) is 0 Å². The number of hydrazone groups is 1. The van der Waals surface area contributed by atoms with Crippen LogP contribution in [0.15, 0.2) is 42.1 Å². The van der Waals surface area contributed by atoms with Gasteiger partial charge in [0, 0.05) is 0 Å². The molecule has 0 aliphatic rings. The molecule has 0 aliphatic carbocycles. The van der Waals surface area contributed by atoms with Crippen LogP contribution in [0.1, 0.15) is 12.5 Å². The van der Waals surface area contributed by atoms with Crippen LogP contribution in [0.2, 0.25) is 0 Å². The molecule has 0 saturated carbocycles. The zero-order chi connectivity index (χ0) is 13.4. The van der Waals surface area contributed by atoms with Gasteiger partial charge in [0.15, 0.2) is 0 Å². The van der Waals surface area contributed by atoms with E-state index in [4.69, 9.17) is 5.26 Å². The molecule has 0 aromatic heterocycles. The van der Waals surface area contributed by atoms with Crippen molar-refractivity contribution >= 4 is 17.3 Å². The highest BCUT2D eigenvalue weighted by Gasteiger charge is 2.08. The predicted molar refractivity (Wildman–Crippen MR) is 70.8 cm³/mol. The van der Waals surface area contributed by atoms with Gasteiger partial charge in [0.25, 0.3) is 5.91 Å². The van der Waals surface area contributed by atoms with E-state index in [1.807, 2.05) is 24.3 Å². The molecule has 0 aliphatic heterocycles. The summed E-state index contributed by atoms with van der Waals surface area (Å²) in [7, 11) is 0. The van der Waals surface area contributed by atoms with Crippen LogP contribution in [0.4, 0.5) is 5.69 Å². The third-order valence-corrected chi connectivity index (χ3v) is 2.21. The van der Waals surface area contributed by atoms with E-state index in [0.717, 1.165) is 6.42 Å². The van der Waals surface area contributed by atoms with Gasteiger partial charge in [0.2, 0.25) is 5.71 Å². The standard InChI is InChI=1S/C13H14N4O/c1-3-10-5-7-11(8-6-10)16-17-12(9-14)13(18)15-4-2/h4-8,16H,2-3H2,1H3,(H,15,18)/b17-12-. The minimum absolute atomic E-state index is 0.255. The molecule has 0 heterocycles. The molecule has 1 rings (SSSR count). The maximum atomic E-state index is 11.3. The van der Waals surface area contributed by atoms with Crippen LogP contribution < -0.4 is 10.7 Å². The van der Waals surface area contributed by atoms with Crippen LogP contribution in [-0.4, -0.2) is 11.6 Å². The molecule has 0 spiro atoms. The first-order chi connectivity index (χ1) is 8.71. The molecular weight excluding hydrogens is 228 g/mol. The number of carbonyl (C=O) groups excluding carboxylic acids is 1. The molecule has 1 aromatic rings. The van der Waals surface area contributed by atoms with Crippen molar-refractivity contribution in [1.82, 2.24) is 5.32 Å². The molecule has 0 bridgehead atoms. The summed E-state index contributed by atoms with van der Waals surface area (Å²) in [5.74, 6) is -0.592. The number of benzene rings is 1. The second kappa shape index (κ2) is 6.86. The maximum absolute atomic E-state index is 11.3. The lowest BCUT2D eigenvalue weighted by Gasteiger charge is -2.02. The molecule has 1 aromatic carbocycles. The third kappa shape index (κ3) is 3.76. The zero-order valence-corrected chi connectivity index (χ0v) is 10.1. The normalized spacial score (nSPS) is 10.3. The second-order valence-corrected chi connectivity index (χ2v) is 3.41. The minimum Gasteiger partial charge on any atom is -0.327 e. The van der Waals surface area contributed by atoms with Crippen LogP contribution in [-0.2, 0) is 11.2 Å². The Hall–Kier alpha value is -2.61. The van der Waals surface area contributed by atoms with E-state index in [1.54, 1.807) is 6.07 Å². The van der Waals surface area contributed by atoms with E-state index in [9.17, 15) is 4.79 Å². The van der Waals surface area contributed by atoms with Crippen molar-refractivity contribution in [3.8, 4) is 6.07 Å². The van der Waals surface area contributed by atoms with Gasteiger partial charge in [0.1, 0.15) is 6.07 Å². The van der Waals surface area contributed by atoms with Gasteiger partial charge in [-0.3, -0.25) is 10.2 Å². The molecule has 5 heteroatoms. The molecule has 0 atom stereocenters. The summed E-state index contributed by atoms with van der Waals surface area (Å²) < 4.78 is 0. The maximum Gasteiger partial charge on any atom is 0.286 e. The fourth-order valence-electron chi connectivity index (χ4n) is 1.22. The Labute approximate surface area is 106 Å². The van der Waals surface area contributed by atoms with E-state index in [1.165, 1.54) is 11.8 Å². The Morgan fingerprint density at radius 2 is 2.17 bits per heavy atom. The molecule has 0 saturated heterocycles. The first-order valence-electron chi connectivity index (χ1n) is 5.45. The molecule has 0 radical (unpaired) electrons. The molecule has 0 unspecified atom stereocenters. The van der Waals surface area contributed by atoms with Gasteiger partial charge in [-0.05, 0) is 30.3 Å². The van der Waals surface area contributed by atoms with Gasteiger partial charge < -0.3 is 5.32 Å². The molecule has 1 amide bonds. The van der Waals surface area contributed by atoms with E-state index in [-0.39, 0.29) is 5.71 Å². The van der Waals surface area contributed by atoms with Crippen molar-refractivity contribution in [2.75, 3.05) is 5.43 Å². The predicted octanol–water partition coefficient (Wildman–Crippen LogP) is 1.80. The summed E-state index contributed by atoms with van der Waals surface area (Å²) in [6.07, 6.45) is 2.15. The number of nitrogens with zero attached hydrogens (tertiary/aromatic N) is 2. The lowest BCUT2D eigenvalue weighted by Crippen LogP contribution is -2.26. The second-order valence-electron chi connectivity index (χ2n) is 3.41. The minimum atomic E-state index is -0.592. The summed E-state index contributed by atoms with van der Waals surface area (Å²) in [6, 6.07) is 9.28. The number of nitrogens with one attached hydrogen (secondary N) is 2. The van der Waals surface area contributed by atoms with E-state index >= 15 is 0 Å². The van der Waals surface area contributed by atoms with Crippen molar-refractivity contribution in [1.29, 1.82) is 5.26 Å². The summed E-state index contributed by atoms with van der Waals surface area (Å²) >= 11 is 0. The van der Waals surface area contributed by atoms with Crippen molar-refractivity contribution in [3.05, 3.63) is 42.6 Å². The fraction of sp³-hybridized carbons (Fsp3) is 0.154. The molecule has 18 heavy (non-hydrogen) atoms. The number of anilines is 1. The zero-order valence-electron chi connectivity index (χ0n) is 10.1. The van der Waals surface area contributed by atoms with Crippen LogP contribution in [0.5, 0.6) is 0 Å². The summed E-state index contributed by atoms with van der Waals surface area (Å²) in [6.45, 7) is 5.40. The SMILES string of the molecule is C=CNC(=O)/C(C#N)=N\Nc1ccc(CC)cc1. The Morgan fingerprint density at radius 3 is 2.67 bits per heavy atom. The molecule has 92 valence electrons. The van der Waals surface area contributed by atoms with Gasteiger partial charge in [-0.15, -0.1) is 0 Å². The van der Waals surface area contributed by atoms with Crippen molar-refractivity contribution < 1.29 is 4.79 Å². The topological polar surface area (TPSA) is 77.3 Å². The quantitative estimate of drug-likeness (QED) is 0.610. The number of amides is 1. The van der Waals surface area contributed by atoms with E-state index in [0.29, 0.717) is 5.69 Å². The van der Waals surface area contributed by atoms with Crippen LogP contribution in [0.3, 0.4) is 0 Å². The summed E-state index contributed by atoms with van der Waals surface area (Å²) in [5, 5.41) is 14.8. The number of hydrogen-bond acceptors (Lipinski definition) is 4. The van der Waals surface area contributed by atoms with E-state index < -0.39 is 5.91 Å². The Kier molecular flexibility index (Phi) is 5.13. The van der Waals surface area contributed by atoms with Gasteiger partial charge in [-0.2, -0.15) is 10.4 Å². The molecule has 5 nitrogen and oxygen atoms in total. The van der Waals surface area contributed by atoms with Gasteiger partial charge in [-0.1, -0.05) is 25.6 Å². The largest absolute Gasteiger partial charge is 0.327 e. The summed E-state index contributed by atoms with van der Waals surface area (Å²) in [4.78, 5) is 11.3. The molecule has 0 fully saturated rings. The van der Waals surface area contributed by atoms with Gasteiger partial charge >= 0.3 is 0 Å². The van der Waals surface area contributed by atoms with Crippen LogP contribution >= 0.6 is 0 Å². The summed E-state index contributed by atoms with van der Waals surface area (Å²) in [5.41, 5.74) is 4.32. The number of carbonyl (C=O) groups is 1. The Morgan fingerprint density at radius 1 is 1.50 bits per heavy atom. The number of rotatable bonds is 5. The molecular formula is C13H14N4O. The third-order valence-electron chi connectivity index (χ3n) is 2.21. The highest BCUT2D eigenvalue weighted by atomic mass is 16.1. The highest BCUT2D eigenvalue weighted by molar-refractivity contribution is 6.45. The van der Waals surface area contributed by atoms with Crippen LogP contribution in [0.25, 0.3) is 0 Å². The Bertz CT molecular complexity index is 497. The number of nitriles is 1. The monoisotopic (exact) mass is 242 g/mol. The fourth-order valence-corrected chi connectivity index (χ4v) is 1.22. The lowest BCUT2D eigenvalue weighted by molar-refractivity contribution is -0.113.